The standard InChI is InChI=1S/C24H22N4O3S/c1-17-8-5-6-12-20(17)23-26-27-24(28(23)15-19-11-7-13-31-19)32-16-22(30)25-14-21(29)18-9-3-2-4-10-18/h2-13H,14-16H2,1H3,(H,25,30). The van der Waals surface area contributed by atoms with Crippen LogP contribution < -0.4 is 5.32 Å². The van der Waals surface area contributed by atoms with Gasteiger partial charge in [-0.2, -0.15) is 0 Å². The third-order valence-electron chi connectivity index (χ3n) is 4.87. The number of hydrogen-bond acceptors (Lipinski definition) is 6. The zero-order chi connectivity index (χ0) is 22.3. The van der Waals surface area contributed by atoms with Gasteiger partial charge in [-0.1, -0.05) is 66.4 Å². The Morgan fingerprint density at radius 1 is 1.00 bits per heavy atom. The zero-order valence-electron chi connectivity index (χ0n) is 17.5. The summed E-state index contributed by atoms with van der Waals surface area (Å²) in [6.45, 7) is 2.42. The number of thioether (sulfide) groups is 1. The Morgan fingerprint density at radius 3 is 2.53 bits per heavy atom. The molecule has 1 N–H and O–H groups in total. The molecule has 32 heavy (non-hydrogen) atoms. The molecule has 2 aromatic heterocycles. The van der Waals surface area contributed by atoms with E-state index in [1.54, 1.807) is 30.5 Å². The van der Waals surface area contributed by atoms with Crippen molar-refractivity contribution in [1.82, 2.24) is 20.1 Å². The Kier molecular flexibility index (Phi) is 6.81. The Balaban J connectivity index is 1.45. The van der Waals surface area contributed by atoms with Crippen LogP contribution in [-0.2, 0) is 11.3 Å². The molecule has 0 bridgehead atoms. The monoisotopic (exact) mass is 446 g/mol. The molecule has 0 saturated heterocycles. The molecule has 7 nitrogen and oxygen atoms in total. The number of aromatic nitrogens is 3. The lowest BCUT2D eigenvalue weighted by Gasteiger charge is -2.10. The Bertz CT molecular complexity index is 1200. The number of carbonyl (C=O) groups excluding carboxylic acids is 2. The molecule has 0 unspecified atom stereocenters. The van der Waals surface area contributed by atoms with Crippen molar-refractivity contribution in [2.45, 2.75) is 18.6 Å². The fourth-order valence-corrected chi connectivity index (χ4v) is 3.97. The second-order valence-electron chi connectivity index (χ2n) is 7.14. The van der Waals surface area contributed by atoms with Crippen LogP contribution >= 0.6 is 11.8 Å². The number of ketones is 1. The topological polar surface area (TPSA) is 90.0 Å². The first-order valence-corrected chi connectivity index (χ1v) is 11.1. The summed E-state index contributed by atoms with van der Waals surface area (Å²) in [6, 6.07) is 20.6. The average Bonchev–Trinajstić information content (AvgIpc) is 3.47. The van der Waals surface area contributed by atoms with Crippen LogP contribution in [0.15, 0.2) is 82.6 Å². The highest BCUT2D eigenvalue weighted by molar-refractivity contribution is 7.99. The molecule has 8 heteroatoms. The van der Waals surface area contributed by atoms with Crippen molar-refractivity contribution in [2.24, 2.45) is 0 Å². The summed E-state index contributed by atoms with van der Waals surface area (Å²) < 4.78 is 7.45. The van der Waals surface area contributed by atoms with E-state index in [1.807, 2.05) is 54.0 Å². The van der Waals surface area contributed by atoms with Crippen LogP contribution in [0.1, 0.15) is 21.7 Å². The number of rotatable bonds is 9. The van der Waals surface area contributed by atoms with Crippen LogP contribution in [0.4, 0.5) is 0 Å². The summed E-state index contributed by atoms with van der Waals surface area (Å²) in [5, 5.41) is 12.0. The molecule has 0 aliphatic rings. The van der Waals surface area contributed by atoms with Crippen molar-refractivity contribution in [3.05, 3.63) is 89.9 Å². The summed E-state index contributed by atoms with van der Waals surface area (Å²) in [5.41, 5.74) is 2.62. The largest absolute Gasteiger partial charge is 0.467 e. The van der Waals surface area contributed by atoms with Crippen molar-refractivity contribution in [3.8, 4) is 11.4 Å². The van der Waals surface area contributed by atoms with E-state index in [2.05, 4.69) is 15.5 Å². The summed E-state index contributed by atoms with van der Waals surface area (Å²) in [5.74, 6) is 1.21. The van der Waals surface area contributed by atoms with E-state index in [1.165, 1.54) is 11.8 Å². The summed E-state index contributed by atoms with van der Waals surface area (Å²) >= 11 is 1.27. The van der Waals surface area contributed by atoms with Gasteiger partial charge in [0, 0.05) is 11.1 Å². The molecule has 2 heterocycles. The molecule has 4 aromatic rings. The number of carbonyl (C=O) groups is 2. The molecule has 0 aliphatic heterocycles. The lowest BCUT2D eigenvalue weighted by atomic mass is 10.1. The number of furan rings is 1. The highest BCUT2D eigenvalue weighted by Gasteiger charge is 2.18. The van der Waals surface area contributed by atoms with Crippen LogP contribution in [0.5, 0.6) is 0 Å². The predicted molar refractivity (Wildman–Crippen MR) is 123 cm³/mol. The molecule has 0 atom stereocenters. The summed E-state index contributed by atoms with van der Waals surface area (Å²) in [7, 11) is 0. The zero-order valence-corrected chi connectivity index (χ0v) is 18.3. The summed E-state index contributed by atoms with van der Waals surface area (Å²) in [4.78, 5) is 24.5. The highest BCUT2D eigenvalue weighted by atomic mass is 32.2. The number of benzene rings is 2. The van der Waals surface area contributed by atoms with Crippen LogP contribution in [-0.4, -0.2) is 38.8 Å². The third-order valence-corrected chi connectivity index (χ3v) is 5.84. The van der Waals surface area contributed by atoms with Crippen molar-refractivity contribution in [1.29, 1.82) is 0 Å². The molecular weight excluding hydrogens is 424 g/mol. The number of aryl methyl sites for hydroxylation is 1. The van der Waals surface area contributed by atoms with Crippen LogP contribution in [0.25, 0.3) is 11.4 Å². The van der Waals surface area contributed by atoms with E-state index in [-0.39, 0.29) is 24.0 Å². The molecule has 1 amide bonds. The first-order chi connectivity index (χ1) is 15.6. The Hall–Kier alpha value is -3.65. The van der Waals surface area contributed by atoms with Crippen molar-refractivity contribution >= 4 is 23.5 Å². The van der Waals surface area contributed by atoms with Gasteiger partial charge in [0.1, 0.15) is 5.76 Å². The van der Waals surface area contributed by atoms with Gasteiger partial charge in [0.05, 0.1) is 25.1 Å². The number of amides is 1. The maximum absolute atomic E-state index is 12.4. The minimum absolute atomic E-state index is 0.0447. The van der Waals surface area contributed by atoms with Crippen LogP contribution in [0.3, 0.4) is 0 Å². The molecular formula is C24H22N4O3S. The normalized spacial score (nSPS) is 10.8. The third kappa shape index (κ3) is 5.15. The molecule has 0 spiro atoms. The Labute approximate surface area is 189 Å². The van der Waals surface area contributed by atoms with E-state index in [9.17, 15) is 9.59 Å². The van der Waals surface area contributed by atoms with Crippen LogP contribution in [0, 0.1) is 6.92 Å². The number of hydrogen-bond donors (Lipinski definition) is 1. The van der Waals surface area contributed by atoms with Gasteiger partial charge >= 0.3 is 0 Å². The SMILES string of the molecule is Cc1ccccc1-c1nnc(SCC(=O)NCC(=O)c2ccccc2)n1Cc1ccco1. The predicted octanol–water partition coefficient (Wildman–Crippen LogP) is 3.99. The molecule has 0 aliphatic carbocycles. The van der Waals surface area contributed by atoms with Gasteiger partial charge in [-0.05, 0) is 24.6 Å². The van der Waals surface area contributed by atoms with Crippen molar-refractivity contribution in [3.63, 3.8) is 0 Å². The van der Waals surface area contributed by atoms with Gasteiger partial charge in [0.2, 0.25) is 5.91 Å². The van der Waals surface area contributed by atoms with Gasteiger partial charge in [-0.25, -0.2) is 0 Å². The first-order valence-electron chi connectivity index (χ1n) is 10.1. The van der Waals surface area contributed by atoms with Crippen molar-refractivity contribution < 1.29 is 14.0 Å². The average molecular weight is 447 g/mol. The van der Waals surface area contributed by atoms with E-state index in [4.69, 9.17) is 4.42 Å². The number of nitrogens with zero attached hydrogens (tertiary/aromatic N) is 3. The fraction of sp³-hybridized carbons (Fsp3) is 0.167. The molecule has 0 radical (unpaired) electrons. The van der Waals surface area contributed by atoms with E-state index < -0.39 is 0 Å². The molecule has 4 rings (SSSR count). The summed E-state index contributed by atoms with van der Waals surface area (Å²) in [6.07, 6.45) is 1.62. The lowest BCUT2D eigenvalue weighted by Crippen LogP contribution is -2.31. The second-order valence-corrected chi connectivity index (χ2v) is 8.08. The molecule has 0 fully saturated rings. The fourth-order valence-electron chi connectivity index (χ4n) is 3.21. The Morgan fingerprint density at radius 2 is 1.78 bits per heavy atom. The second kappa shape index (κ2) is 10.1. The van der Waals surface area contributed by atoms with Gasteiger partial charge < -0.3 is 9.73 Å². The first kappa shape index (κ1) is 21.6. The van der Waals surface area contributed by atoms with E-state index in [0.29, 0.717) is 23.1 Å². The number of Topliss-reactive ketones (excluding diaryl/α,β-unsaturated/α-hetero) is 1. The minimum atomic E-state index is -0.246. The van der Waals surface area contributed by atoms with Crippen LogP contribution in [0.2, 0.25) is 0 Å². The molecule has 162 valence electrons. The quantitative estimate of drug-likeness (QED) is 0.309. The molecule has 0 saturated carbocycles. The van der Waals surface area contributed by atoms with E-state index in [0.717, 1.165) is 16.9 Å². The van der Waals surface area contributed by atoms with Gasteiger partial charge in [0.15, 0.2) is 16.8 Å². The van der Waals surface area contributed by atoms with E-state index >= 15 is 0 Å². The molecule has 2 aromatic carbocycles. The maximum Gasteiger partial charge on any atom is 0.230 e. The maximum atomic E-state index is 12.4. The highest BCUT2D eigenvalue weighted by Crippen LogP contribution is 2.27. The van der Waals surface area contributed by atoms with Gasteiger partial charge in [0.25, 0.3) is 0 Å². The van der Waals surface area contributed by atoms with Gasteiger partial charge in [-0.3, -0.25) is 14.2 Å². The van der Waals surface area contributed by atoms with Gasteiger partial charge in [-0.15, -0.1) is 10.2 Å². The number of nitrogens with one attached hydrogen (secondary N) is 1. The van der Waals surface area contributed by atoms with Crippen molar-refractivity contribution in [2.75, 3.05) is 12.3 Å². The lowest BCUT2D eigenvalue weighted by molar-refractivity contribution is -0.118. The smallest absolute Gasteiger partial charge is 0.230 e. The minimum Gasteiger partial charge on any atom is -0.467 e.